The highest BCUT2D eigenvalue weighted by atomic mass is 16.6. The summed E-state index contributed by atoms with van der Waals surface area (Å²) in [5.74, 6) is -0.108. The molecule has 0 aliphatic rings. The first kappa shape index (κ1) is 19.2. The van der Waals surface area contributed by atoms with Crippen molar-refractivity contribution in [1.82, 2.24) is 9.97 Å². The number of nitrogens with zero attached hydrogens (tertiary/aromatic N) is 3. The van der Waals surface area contributed by atoms with Crippen molar-refractivity contribution in [3.05, 3.63) is 93.7 Å². The van der Waals surface area contributed by atoms with Gasteiger partial charge in [-0.2, -0.15) is 0 Å². The third-order valence-electron chi connectivity index (χ3n) is 4.89. The first-order valence-electron chi connectivity index (χ1n) is 9.32. The monoisotopic (exact) mass is 398 g/mol. The fraction of sp³-hybridized carbons (Fsp3) is 0.0870. The van der Waals surface area contributed by atoms with Crippen LogP contribution in [0.25, 0.3) is 22.2 Å². The molecule has 0 fully saturated rings. The van der Waals surface area contributed by atoms with E-state index in [0.29, 0.717) is 11.1 Å². The zero-order valence-electron chi connectivity index (χ0n) is 16.4. The van der Waals surface area contributed by atoms with E-state index in [2.05, 4.69) is 10.3 Å². The van der Waals surface area contributed by atoms with Crippen LogP contribution < -0.4 is 5.32 Å². The molecule has 4 rings (SSSR count). The van der Waals surface area contributed by atoms with Crippen LogP contribution in [0.2, 0.25) is 0 Å². The highest BCUT2D eigenvalue weighted by Gasteiger charge is 2.19. The highest BCUT2D eigenvalue weighted by molar-refractivity contribution is 6.14. The molecule has 0 saturated carbocycles. The number of anilines is 1. The number of hydrogen-bond donors (Lipinski definition) is 1. The Hall–Kier alpha value is -4.13. The minimum absolute atomic E-state index is 0.139. The van der Waals surface area contributed by atoms with Gasteiger partial charge in [-0.25, -0.2) is 9.97 Å². The number of aromatic nitrogens is 2. The minimum Gasteiger partial charge on any atom is -0.307 e. The maximum Gasteiger partial charge on any atom is 0.287 e. The summed E-state index contributed by atoms with van der Waals surface area (Å²) in [4.78, 5) is 32.2. The number of carbonyl (C=O) groups is 1. The largest absolute Gasteiger partial charge is 0.307 e. The van der Waals surface area contributed by atoms with Crippen molar-refractivity contribution in [3.63, 3.8) is 0 Å². The van der Waals surface area contributed by atoms with Gasteiger partial charge < -0.3 is 5.32 Å². The number of pyridine rings is 2. The van der Waals surface area contributed by atoms with Gasteiger partial charge in [-0.3, -0.25) is 14.9 Å². The lowest BCUT2D eigenvalue weighted by Gasteiger charge is -2.14. The molecule has 7 heteroatoms. The molecular formula is C23H18N4O3. The highest BCUT2D eigenvalue weighted by Crippen LogP contribution is 2.30. The Labute approximate surface area is 172 Å². The topological polar surface area (TPSA) is 98.0 Å². The first-order chi connectivity index (χ1) is 14.4. The lowest BCUT2D eigenvalue weighted by atomic mass is 9.97. The average molecular weight is 398 g/mol. The van der Waals surface area contributed by atoms with Crippen molar-refractivity contribution in [3.8, 4) is 11.3 Å². The van der Waals surface area contributed by atoms with Gasteiger partial charge in [0.2, 0.25) is 0 Å². The average Bonchev–Trinajstić information content (AvgIpc) is 2.74. The molecule has 0 unspecified atom stereocenters. The standard InChI is InChI=1S/C23H18N4O3/c1-14-7-9-16(10-8-14)22-15(2)21(18-5-3-4-6-19(18)25-22)23(28)26-20-12-11-17(13-24-20)27(29)30/h3-13H,1-2H3,(H,24,26,28). The Kier molecular flexibility index (Phi) is 4.93. The minimum atomic E-state index is -0.535. The molecule has 0 radical (unpaired) electrons. The van der Waals surface area contributed by atoms with E-state index in [1.165, 1.54) is 12.1 Å². The van der Waals surface area contributed by atoms with Gasteiger partial charge in [0.15, 0.2) is 0 Å². The van der Waals surface area contributed by atoms with Crippen molar-refractivity contribution in [2.45, 2.75) is 13.8 Å². The maximum absolute atomic E-state index is 13.2. The summed E-state index contributed by atoms with van der Waals surface area (Å²) in [7, 11) is 0. The molecule has 0 saturated heterocycles. The zero-order chi connectivity index (χ0) is 21.3. The van der Waals surface area contributed by atoms with Gasteiger partial charge >= 0.3 is 0 Å². The lowest BCUT2D eigenvalue weighted by Crippen LogP contribution is -2.16. The Morgan fingerprint density at radius 3 is 2.40 bits per heavy atom. The van der Waals surface area contributed by atoms with Gasteiger partial charge in [-0.05, 0) is 31.5 Å². The summed E-state index contributed by atoms with van der Waals surface area (Å²) in [6.45, 7) is 3.88. The van der Waals surface area contributed by atoms with Crippen LogP contribution in [-0.2, 0) is 0 Å². The summed E-state index contributed by atoms with van der Waals surface area (Å²) >= 11 is 0. The van der Waals surface area contributed by atoms with Crippen molar-refractivity contribution in [2.24, 2.45) is 0 Å². The van der Waals surface area contributed by atoms with E-state index in [1.54, 1.807) is 0 Å². The molecule has 0 bridgehead atoms. The van der Waals surface area contributed by atoms with E-state index >= 15 is 0 Å². The number of aryl methyl sites for hydroxylation is 1. The van der Waals surface area contributed by atoms with Gasteiger partial charge in [-0.1, -0.05) is 48.0 Å². The van der Waals surface area contributed by atoms with Crippen molar-refractivity contribution < 1.29 is 9.72 Å². The first-order valence-corrected chi connectivity index (χ1v) is 9.32. The number of nitro groups is 1. The molecule has 2 aromatic heterocycles. The quantitative estimate of drug-likeness (QED) is 0.382. The van der Waals surface area contributed by atoms with E-state index < -0.39 is 4.92 Å². The summed E-state index contributed by atoms with van der Waals surface area (Å²) < 4.78 is 0. The molecule has 2 heterocycles. The van der Waals surface area contributed by atoms with Gasteiger partial charge in [0.05, 0.1) is 21.7 Å². The number of rotatable bonds is 4. The van der Waals surface area contributed by atoms with Crippen molar-refractivity contribution in [1.29, 1.82) is 0 Å². The second-order valence-corrected chi connectivity index (χ2v) is 6.96. The number of para-hydroxylation sites is 1. The van der Waals surface area contributed by atoms with Gasteiger partial charge in [0, 0.05) is 17.0 Å². The van der Waals surface area contributed by atoms with E-state index in [-0.39, 0.29) is 17.4 Å². The molecule has 1 amide bonds. The Morgan fingerprint density at radius 2 is 1.73 bits per heavy atom. The number of nitrogens with one attached hydrogen (secondary N) is 1. The molecule has 0 aliphatic carbocycles. The van der Waals surface area contributed by atoms with Gasteiger partial charge in [0.25, 0.3) is 11.6 Å². The summed E-state index contributed by atoms with van der Waals surface area (Å²) in [6, 6.07) is 18.2. The lowest BCUT2D eigenvalue weighted by molar-refractivity contribution is -0.385. The zero-order valence-corrected chi connectivity index (χ0v) is 16.4. The summed E-state index contributed by atoms with van der Waals surface area (Å²) in [5, 5.41) is 14.3. The fourth-order valence-electron chi connectivity index (χ4n) is 3.34. The molecular weight excluding hydrogens is 380 g/mol. The van der Waals surface area contributed by atoms with Crippen LogP contribution in [-0.4, -0.2) is 20.8 Å². The van der Waals surface area contributed by atoms with E-state index in [9.17, 15) is 14.9 Å². The predicted octanol–water partition coefficient (Wildman–Crippen LogP) is 5.07. The second kappa shape index (κ2) is 7.71. The second-order valence-electron chi connectivity index (χ2n) is 6.96. The van der Waals surface area contributed by atoms with E-state index in [1.807, 2.05) is 62.4 Å². The number of carbonyl (C=O) groups excluding carboxylic acids is 1. The Morgan fingerprint density at radius 1 is 1.00 bits per heavy atom. The Bertz CT molecular complexity index is 1270. The Balaban J connectivity index is 1.80. The van der Waals surface area contributed by atoms with Crippen LogP contribution >= 0.6 is 0 Å². The molecule has 30 heavy (non-hydrogen) atoms. The molecule has 1 N–H and O–H groups in total. The molecule has 2 aromatic carbocycles. The summed E-state index contributed by atoms with van der Waals surface area (Å²) in [5.41, 5.74) is 4.61. The van der Waals surface area contributed by atoms with Crippen LogP contribution in [0.3, 0.4) is 0 Å². The normalized spacial score (nSPS) is 10.7. The van der Waals surface area contributed by atoms with Crippen LogP contribution in [0.1, 0.15) is 21.5 Å². The van der Waals surface area contributed by atoms with Gasteiger partial charge in [0.1, 0.15) is 12.0 Å². The van der Waals surface area contributed by atoms with Crippen molar-refractivity contribution >= 4 is 28.3 Å². The molecule has 7 nitrogen and oxygen atoms in total. The maximum atomic E-state index is 13.2. The fourth-order valence-corrected chi connectivity index (χ4v) is 3.34. The molecule has 4 aromatic rings. The number of amides is 1. The third kappa shape index (κ3) is 3.60. The third-order valence-corrected chi connectivity index (χ3v) is 4.89. The molecule has 148 valence electrons. The molecule has 0 atom stereocenters. The molecule has 0 spiro atoms. The number of benzene rings is 2. The summed E-state index contributed by atoms with van der Waals surface area (Å²) in [6.07, 6.45) is 1.12. The van der Waals surface area contributed by atoms with Crippen LogP contribution in [0.4, 0.5) is 11.5 Å². The van der Waals surface area contributed by atoms with Crippen molar-refractivity contribution in [2.75, 3.05) is 5.32 Å². The smallest absolute Gasteiger partial charge is 0.287 e. The van der Waals surface area contributed by atoms with Crippen LogP contribution in [0.5, 0.6) is 0 Å². The number of hydrogen-bond acceptors (Lipinski definition) is 5. The molecule has 0 aliphatic heterocycles. The SMILES string of the molecule is Cc1ccc(-c2nc3ccccc3c(C(=O)Nc3ccc([N+](=O)[O-])cn3)c2C)cc1. The van der Waals surface area contributed by atoms with E-state index in [4.69, 9.17) is 4.98 Å². The van der Waals surface area contributed by atoms with E-state index in [0.717, 1.165) is 34.0 Å². The van der Waals surface area contributed by atoms with Gasteiger partial charge in [-0.15, -0.1) is 0 Å². The van der Waals surface area contributed by atoms with Crippen LogP contribution in [0.15, 0.2) is 66.9 Å². The van der Waals surface area contributed by atoms with Crippen LogP contribution in [0, 0.1) is 24.0 Å². The predicted molar refractivity (Wildman–Crippen MR) is 115 cm³/mol. The number of fused-ring (bicyclic) bond motifs is 1.